The van der Waals surface area contributed by atoms with E-state index in [1.165, 1.54) is 0 Å². The average Bonchev–Trinajstić information content (AvgIpc) is 2.66. The van der Waals surface area contributed by atoms with Gasteiger partial charge < -0.3 is 25.5 Å². The maximum Gasteiger partial charge on any atom is 0.326 e. The van der Waals surface area contributed by atoms with Crippen molar-refractivity contribution in [1.82, 2.24) is 10.2 Å². The number of benzene rings is 1. The molecule has 2 rings (SSSR count). The van der Waals surface area contributed by atoms with Crippen LogP contribution in [0.25, 0.3) is 0 Å². The Balaban J connectivity index is 1.87. The Kier molecular flexibility index (Phi) is 7.66. The second kappa shape index (κ2) is 9.96. The molecule has 1 aromatic carbocycles. The van der Waals surface area contributed by atoms with Crippen molar-refractivity contribution in [2.45, 2.75) is 39.7 Å². The van der Waals surface area contributed by atoms with Gasteiger partial charge in [0.2, 0.25) is 5.91 Å². The quantitative estimate of drug-likeness (QED) is 0.663. The fourth-order valence-electron chi connectivity index (χ4n) is 3.16. The lowest BCUT2D eigenvalue weighted by molar-refractivity contribution is -0.140. The van der Waals surface area contributed by atoms with Gasteiger partial charge in [-0.25, -0.2) is 9.59 Å². The Morgan fingerprint density at radius 3 is 2.18 bits per heavy atom. The smallest absolute Gasteiger partial charge is 0.326 e. The number of carbonyl (C=O) groups excluding carboxylic acids is 2. The standard InChI is InChI=1S/C20H30N4O4/c1-4-5-17(25)24-12-10-23(11-13-24)16-8-6-15(7-9-16)21-20(28)22-18(14(2)3)19(26)27/h6-9,14,18H,4-5,10-13H2,1-3H3,(H,26,27)(H2,21,22,28). The molecule has 8 heteroatoms. The second-order valence-electron chi connectivity index (χ2n) is 7.32. The Morgan fingerprint density at radius 2 is 1.68 bits per heavy atom. The molecule has 3 N–H and O–H groups in total. The number of amides is 3. The maximum absolute atomic E-state index is 12.0. The van der Waals surface area contributed by atoms with Crippen LogP contribution >= 0.6 is 0 Å². The van der Waals surface area contributed by atoms with Gasteiger partial charge in [0.1, 0.15) is 6.04 Å². The topological polar surface area (TPSA) is 102 Å². The Morgan fingerprint density at radius 1 is 1.07 bits per heavy atom. The number of urea groups is 1. The van der Waals surface area contributed by atoms with Crippen LogP contribution in [0.15, 0.2) is 24.3 Å². The number of rotatable bonds is 7. The molecule has 1 aromatic rings. The first kappa shape index (κ1) is 21.5. The number of aliphatic carboxylic acids is 1. The molecule has 154 valence electrons. The Labute approximate surface area is 165 Å². The van der Waals surface area contributed by atoms with Gasteiger partial charge in [-0.05, 0) is 36.6 Å². The van der Waals surface area contributed by atoms with Crippen LogP contribution < -0.4 is 15.5 Å². The predicted molar refractivity (Wildman–Crippen MR) is 109 cm³/mol. The van der Waals surface area contributed by atoms with Crippen LogP contribution in [0, 0.1) is 5.92 Å². The maximum atomic E-state index is 12.0. The highest BCUT2D eigenvalue weighted by Gasteiger charge is 2.23. The monoisotopic (exact) mass is 390 g/mol. The highest BCUT2D eigenvalue weighted by molar-refractivity contribution is 5.92. The lowest BCUT2D eigenvalue weighted by Gasteiger charge is -2.36. The van der Waals surface area contributed by atoms with Crippen molar-refractivity contribution < 1.29 is 19.5 Å². The summed E-state index contributed by atoms with van der Waals surface area (Å²) in [6, 6.07) is 5.92. The number of nitrogens with one attached hydrogen (secondary N) is 2. The van der Waals surface area contributed by atoms with E-state index in [4.69, 9.17) is 5.11 Å². The Hall–Kier alpha value is -2.77. The van der Waals surface area contributed by atoms with Crippen molar-refractivity contribution in [2.75, 3.05) is 36.4 Å². The number of nitrogens with zero attached hydrogens (tertiary/aromatic N) is 2. The van der Waals surface area contributed by atoms with E-state index in [9.17, 15) is 14.4 Å². The number of carboxylic acids is 1. The molecule has 1 aliphatic rings. The summed E-state index contributed by atoms with van der Waals surface area (Å²) in [5.41, 5.74) is 1.62. The minimum absolute atomic E-state index is 0.214. The summed E-state index contributed by atoms with van der Waals surface area (Å²) in [6.07, 6.45) is 1.47. The van der Waals surface area contributed by atoms with Gasteiger partial charge in [0.05, 0.1) is 0 Å². The van der Waals surface area contributed by atoms with Crippen molar-refractivity contribution in [3.8, 4) is 0 Å². The van der Waals surface area contributed by atoms with Crippen LogP contribution in [0.3, 0.4) is 0 Å². The summed E-state index contributed by atoms with van der Waals surface area (Å²) in [5.74, 6) is -1.06. The summed E-state index contributed by atoms with van der Waals surface area (Å²) in [5, 5.41) is 14.3. The normalized spacial score (nSPS) is 15.3. The van der Waals surface area contributed by atoms with E-state index in [1.807, 2.05) is 24.0 Å². The van der Waals surface area contributed by atoms with E-state index in [1.54, 1.807) is 26.0 Å². The first-order valence-corrected chi connectivity index (χ1v) is 9.75. The molecular formula is C20H30N4O4. The van der Waals surface area contributed by atoms with Gasteiger partial charge >= 0.3 is 12.0 Å². The SMILES string of the molecule is CCCC(=O)N1CCN(c2ccc(NC(=O)NC(C(=O)O)C(C)C)cc2)CC1. The van der Waals surface area contributed by atoms with Crippen LogP contribution in [-0.2, 0) is 9.59 Å². The van der Waals surface area contributed by atoms with E-state index in [2.05, 4.69) is 15.5 Å². The number of piperazine rings is 1. The van der Waals surface area contributed by atoms with Crippen LogP contribution in [0.5, 0.6) is 0 Å². The minimum atomic E-state index is -1.06. The van der Waals surface area contributed by atoms with E-state index in [0.717, 1.165) is 25.2 Å². The minimum Gasteiger partial charge on any atom is -0.480 e. The van der Waals surface area contributed by atoms with Gasteiger partial charge in [0, 0.05) is 44.0 Å². The van der Waals surface area contributed by atoms with Crippen molar-refractivity contribution in [3.05, 3.63) is 24.3 Å². The molecule has 0 aliphatic carbocycles. The summed E-state index contributed by atoms with van der Waals surface area (Å²) < 4.78 is 0. The van der Waals surface area contributed by atoms with Gasteiger partial charge in [0.25, 0.3) is 0 Å². The molecular weight excluding hydrogens is 360 g/mol. The molecule has 0 spiro atoms. The molecule has 0 saturated carbocycles. The number of carboxylic acid groups (broad SMARTS) is 1. The molecule has 28 heavy (non-hydrogen) atoms. The summed E-state index contributed by atoms with van der Waals surface area (Å²) in [7, 11) is 0. The Bertz CT molecular complexity index is 682. The second-order valence-corrected chi connectivity index (χ2v) is 7.32. The number of hydrogen-bond donors (Lipinski definition) is 3. The summed E-state index contributed by atoms with van der Waals surface area (Å²) in [6.45, 7) is 8.47. The summed E-state index contributed by atoms with van der Waals surface area (Å²) >= 11 is 0. The molecule has 3 amide bonds. The lowest BCUT2D eigenvalue weighted by Crippen LogP contribution is -2.48. The highest BCUT2D eigenvalue weighted by atomic mass is 16.4. The number of hydrogen-bond acceptors (Lipinski definition) is 4. The fourth-order valence-corrected chi connectivity index (χ4v) is 3.16. The molecule has 1 atom stereocenters. The van der Waals surface area contributed by atoms with Crippen molar-refractivity contribution in [2.24, 2.45) is 5.92 Å². The average molecular weight is 390 g/mol. The zero-order chi connectivity index (χ0) is 20.7. The molecule has 1 fully saturated rings. The van der Waals surface area contributed by atoms with Gasteiger partial charge in [-0.2, -0.15) is 0 Å². The fraction of sp³-hybridized carbons (Fsp3) is 0.550. The predicted octanol–water partition coefficient (Wildman–Crippen LogP) is 2.37. The van der Waals surface area contributed by atoms with Gasteiger partial charge in [-0.1, -0.05) is 20.8 Å². The third-order valence-electron chi connectivity index (χ3n) is 4.81. The molecule has 0 aromatic heterocycles. The van der Waals surface area contributed by atoms with Crippen LogP contribution in [0.4, 0.5) is 16.2 Å². The molecule has 0 radical (unpaired) electrons. The third kappa shape index (κ3) is 5.87. The third-order valence-corrected chi connectivity index (χ3v) is 4.81. The first-order valence-electron chi connectivity index (χ1n) is 9.75. The van der Waals surface area contributed by atoms with Crippen molar-refractivity contribution >= 4 is 29.3 Å². The number of anilines is 2. The van der Waals surface area contributed by atoms with E-state index >= 15 is 0 Å². The molecule has 8 nitrogen and oxygen atoms in total. The molecule has 1 aliphatic heterocycles. The summed E-state index contributed by atoms with van der Waals surface area (Å²) in [4.78, 5) is 39.3. The largest absolute Gasteiger partial charge is 0.480 e. The zero-order valence-corrected chi connectivity index (χ0v) is 16.8. The van der Waals surface area contributed by atoms with Crippen LogP contribution in [0.1, 0.15) is 33.6 Å². The lowest BCUT2D eigenvalue weighted by atomic mass is 10.1. The van der Waals surface area contributed by atoms with Crippen molar-refractivity contribution in [1.29, 1.82) is 0 Å². The van der Waals surface area contributed by atoms with E-state index in [-0.39, 0.29) is 11.8 Å². The van der Waals surface area contributed by atoms with Gasteiger partial charge in [0.15, 0.2) is 0 Å². The van der Waals surface area contributed by atoms with Crippen LogP contribution in [0.2, 0.25) is 0 Å². The molecule has 1 saturated heterocycles. The zero-order valence-electron chi connectivity index (χ0n) is 16.8. The van der Waals surface area contributed by atoms with E-state index in [0.29, 0.717) is 25.2 Å². The highest BCUT2D eigenvalue weighted by Crippen LogP contribution is 2.20. The first-order chi connectivity index (χ1) is 13.3. The van der Waals surface area contributed by atoms with Crippen molar-refractivity contribution in [3.63, 3.8) is 0 Å². The van der Waals surface area contributed by atoms with Gasteiger partial charge in [-0.15, -0.1) is 0 Å². The number of carbonyl (C=O) groups is 3. The molecule has 1 heterocycles. The van der Waals surface area contributed by atoms with E-state index < -0.39 is 18.0 Å². The van der Waals surface area contributed by atoms with Crippen LogP contribution in [-0.4, -0.2) is 60.1 Å². The van der Waals surface area contributed by atoms with Gasteiger partial charge in [-0.3, -0.25) is 4.79 Å². The molecule has 1 unspecified atom stereocenters. The molecule has 0 bridgehead atoms.